The van der Waals surface area contributed by atoms with Gasteiger partial charge in [0.05, 0.1) is 5.70 Å². The van der Waals surface area contributed by atoms with Crippen molar-refractivity contribution in [1.82, 2.24) is 0 Å². The van der Waals surface area contributed by atoms with Gasteiger partial charge in [0.25, 0.3) is 0 Å². The summed E-state index contributed by atoms with van der Waals surface area (Å²) in [5.74, 6) is 0. The molecule has 1 nitrogen and oxygen atoms in total. The van der Waals surface area contributed by atoms with Crippen LogP contribution in [-0.4, -0.2) is 5.71 Å². The molecule has 0 bridgehead atoms. The number of allylic oxidation sites excluding steroid dienone is 3. The summed E-state index contributed by atoms with van der Waals surface area (Å²) < 4.78 is 0. The van der Waals surface area contributed by atoms with E-state index in [0.717, 1.165) is 25.0 Å². The van der Waals surface area contributed by atoms with Gasteiger partial charge in [-0.25, -0.2) is 0 Å². The van der Waals surface area contributed by atoms with Crippen molar-refractivity contribution in [3.63, 3.8) is 0 Å². The second kappa shape index (κ2) is 5.62. The van der Waals surface area contributed by atoms with Gasteiger partial charge in [-0.3, -0.25) is 4.99 Å². The molecular weight excluding hydrogens is 206 g/mol. The molecule has 1 aromatic rings. The van der Waals surface area contributed by atoms with Crippen LogP contribution in [0.1, 0.15) is 37.3 Å². The first-order valence-electron chi connectivity index (χ1n) is 6.31. The summed E-state index contributed by atoms with van der Waals surface area (Å²) >= 11 is 0. The van der Waals surface area contributed by atoms with Gasteiger partial charge in [-0.1, -0.05) is 48.9 Å². The normalized spacial score (nSPS) is 15.9. The molecule has 0 atom stereocenters. The van der Waals surface area contributed by atoms with Crippen LogP contribution in [0.3, 0.4) is 0 Å². The first-order chi connectivity index (χ1) is 8.29. The van der Waals surface area contributed by atoms with Gasteiger partial charge < -0.3 is 0 Å². The molecule has 88 valence electrons. The van der Waals surface area contributed by atoms with Crippen molar-refractivity contribution in [2.45, 2.75) is 33.1 Å². The number of benzene rings is 1. The Kier molecular flexibility index (Phi) is 3.92. The minimum Gasteiger partial charge on any atom is -0.253 e. The minimum absolute atomic E-state index is 0.967. The number of hydrogen-bond donors (Lipinski definition) is 0. The number of rotatable bonds is 3. The molecule has 0 aromatic heterocycles. The fraction of sp³-hybridized carbons (Fsp3) is 0.312. The molecule has 0 aliphatic heterocycles. The molecule has 0 amide bonds. The van der Waals surface area contributed by atoms with Crippen molar-refractivity contribution in [1.29, 1.82) is 0 Å². The highest BCUT2D eigenvalue weighted by molar-refractivity contribution is 6.01. The Bertz CT molecular complexity index is 478. The predicted molar refractivity (Wildman–Crippen MR) is 74.5 cm³/mol. The monoisotopic (exact) mass is 225 g/mol. The third kappa shape index (κ3) is 3.16. The molecule has 0 unspecified atom stereocenters. The maximum absolute atomic E-state index is 4.76. The van der Waals surface area contributed by atoms with E-state index in [2.05, 4.69) is 56.3 Å². The summed E-state index contributed by atoms with van der Waals surface area (Å²) in [6.07, 6.45) is 9.75. The van der Waals surface area contributed by atoms with E-state index in [1.54, 1.807) is 0 Å². The van der Waals surface area contributed by atoms with E-state index in [-0.39, 0.29) is 0 Å². The SMILES string of the molecule is CCC(=NC1=CCCC=C1)c1cccc(C)c1. The number of aryl methyl sites for hydroxylation is 1. The molecule has 0 saturated heterocycles. The smallest absolute Gasteiger partial charge is 0.0590 e. The van der Waals surface area contributed by atoms with Gasteiger partial charge in [-0.15, -0.1) is 0 Å². The Morgan fingerprint density at radius 2 is 2.18 bits per heavy atom. The Morgan fingerprint density at radius 3 is 2.82 bits per heavy atom. The third-order valence-electron chi connectivity index (χ3n) is 2.93. The zero-order valence-corrected chi connectivity index (χ0v) is 10.6. The Balaban J connectivity index is 2.30. The summed E-state index contributed by atoms with van der Waals surface area (Å²) in [5, 5.41) is 0. The molecule has 1 aliphatic rings. The summed E-state index contributed by atoms with van der Waals surface area (Å²) in [4.78, 5) is 4.76. The van der Waals surface area contributed by atoms with E-state index in [4.69, 9.17) is 4.99 Å². The largest absolute Gasteiger partial charge is 0.253 e. The second-order valence-electron chi connectivity index (χ2n) is 4.39. The molecule has 17 heavy (non-hydrogen) atoms. The summed E-state index contributed by atoms with van der Waals surface area (Å²) in [6, 6.07) is 8.56. The minimum atomic E-state index is 0.967. The predicted octanol–water partition coefficient (Wildman–Crippen LogP) is 4.43. The molecule has 0 heterocycles. The molecule has 0 saturated carbocycles. The van der Waals surface area contributed by atoms with Crippen LogP contribution < -0.4 is 0 Å². The molecule has 1 aliphatic carbocycles. The van der Waals surface area contributed by atoms with E-state index >= 15 is 0 Å². The van der Waals surface area contributed by atoms with Crippen LogP contribution in [0.5, 0.6) is 0 Å². The lowest BCUT2D eigenvalue weighted by atomic mass is 10.0. The van der Waals surface area contributed by atoms with Gasteiger partial charge in [0.15, 0.2) is 0 Å². The van der Waals surface area contributed by atoms with Crippen LogP contribution in [-0.2, 0) is 0 Å². The average molecular weight is 225 g/mol. The van der Waals surface area contributed by atoms with Crippen LogP contribution in [0, 0.1) is 6.92 Å². The van der Waals surface area contributed by atoms with Gasteiger partial charge in [0.1, 0.15) is 0 Å². The number of nitrogens with zero attached hydrogens (tertiary/aromatic N) is 1. The van der Waals surface area contributed by atoms with Gasteiger partial charge in [-0.2, -0.15) is 0 Å². The lowest BCUT2D eigenvalue weighted by Gasteiger charge is -2.07. The number of aliphatic imine (C=N–C) groups is 1. The fourth-order valence-electron chi connectivity index (χ4n) is 2.01. The van der Waals surface area contributed by atoms with Crippen LogP contribution in [0.15, 0.2) is 53.2 Å². The molecule has 1 aromatic carbocycles. The summed E-state index contributed by atoms with van der Waals surface area (Å²) in [5.41, 5.74) is 4.81. The van der Waals surface area contributed by atoms with E-state index in [1.807, 2.05) is 0 Å². The van der Waals surface area contributed by atoms with Gasteiger partial charge >= 0.3 is 0 Å². The van der Waals surface area contributed by atoms with Crippen LogP contribution in [0.25, 0.3) is 0 Å². The second-order valence-corrected chi connectivity index (χ2v) is 4.39. The van der Waals surface area contributed by atoms with Crippen molar-refractivity contribution in [2.24, 2.45) is 4.99 Å². The molecule has 1 heteroatoms. The maximum Gasteiger partial charge on any atom is 0.0590 e. The summed E-state index contributed by atoms with van der Waals surface area (Å²) in [6.45, 7) is 4.28. The average Bonchev–Trinajstić information content (AvgIpc) is 2.37. The van der Waals surface area contributed by atoms with Gasteiger partial charge in [0, 0.05) is 5.71 Å². The van der Waals surface area contributed by atoms with E-state index < -0.39 is 0 Å². The molecular formula is C16H19N. The molecule has 0 spiro atoms. The fourth-order valence-corrected chi connectivity index (χ4v) is 2.01. The van der Waals surface area contributed by atoms with Gasteiger partial charge in [-0.05, 0) is 37.8 Å². The maximum atomic E-state index is 4.76. The molecule has 0 radical (unpaired) electrons. The topological polar surface area (TPSA) is 12.4 Å². The van der Waals surface area contributed by atoms with E-state index in [9.17, 15) is 0 Å². The first kappa shape index (κ1) is 11.8. The van der Waals surface area contributed by atoms with E-state index in [0.29, 0.717) is 0 Å². The van der Waals surface area contributed by atoms with Crippen LogP contribution >= 0.6 is 0 Å². The van der Waals surface area contributed by atoms with Crippen molar-refractivity contribution in [3.05, 3.63) is 59.3 Å². The quantitative estimate of drug-likeness (QED) is 0.675. The Hall–Kier alpha value is -1.63. The molecule has 0 fully saturated rings. The van der Waals surface area contributed by atoms with E-state index in [1.165, 1.54) is 16.8 Å². The standard InChI is InChI=1S/C16H19N/c1-3-16(14-9-7-8-13(2)12-14)17-15-10-5-4-6-11-15/h5,7-12H,3-4,6H2,1-2H3. The Morgan fingerprint density at radius 1 is 1.29 bits per heavy atom. The van der Waals surface area contributed by atoms with Crippen molar-refractivity contribution in [2.75, 3.05) is 0 Å². The first-order valence-corrected chi connectivity index (χ1v) is 6.31. The van der Waals surface area contributed by atoms with Crippen LogP contribution in [0.2, 0.25) is 0 Å². The zero-order valence-electron chi connectivity index (χ0n) is 10.6. The van der Waals surface area contributed by atoms with Gasteiger partial charge in [0.2, 0.25) is 0 Å². The van der Waals surface area contributed by atoms with Crippen molar-refractivity contribution in [3.8, 4) is 0 Å². The zero-order chi connectivity index (χ0) is 12.1. The highest BCUT2D eigenvalue weighted by atomic mass is 14.8. The third-order valence-corrected chi connectivity index (χ3v) is 2.93. The lowest BCUT2D eigenvalue weighted by Crippen LogP contribution is -2.00. The van der Waals surface area contributed by atoms with Crippen molar-refractivity contribution < 1.29 is 0 Å². The van der Waals surface area contributed by atoms with Crippen molar-refractivity contribution >= 4 is 5.71 Å². The van der Waals surface area contributed by atoms with Crippen LogP contribution in [0.4, 0.5) is 0 Å². The highest BCUT2D eigenvalue weighted by Gasteiger charge is 2.03. The number of hydrogen-bond acceptors (Lipinski definition) is 1. The highest BCUT2D eigenvalue weighted by Crippen LogP contribution is 2.15. The molecule has 0 N–H and O–H groups in total. The molecule has 2 rings (SSSR count). The Labute approximate surface area is 104 Å². The lowest BCUT2D eigenvalue weighted by molar-refractivity contribution is 1.01. The summed E-state index contributed by atoms with van der Waals surface area (Å²) in [7, 11) is 0.